The standard InChI is InChI=1S/C10H11NO3/c1-11(12)7-8-2-3-9-10(6-8)14-5-4-13-9/h2-3,6-7H,4-5H2,1H3. The van der Waals surface area contributed by atoms with Crippen molar-refractivity contribution in [1.82, 2.24) is 0 Å². The molecular formula is C10H11NO3. The molecule has 1 aromatic rings. The van der Waals surface area contributed by atoms with Gasteiger partial charge in [0.2, 0.25) is 0 Å². The highest BCUT2D eigenvalue weighted by atomic mass is 16.6. The molecule has 0 atom stereocenters. The van der Waals surface area contributed by atoms with Crippen LogP contribution in [0.1, 0.15) is 5.56 Å². The van der Waals surface area contributed by atoms with E-state index in [1.807, 2.05) is 12.1 Å². The summed E-state index contributed by atoms with van der Waals surface area (Å²) in [4.78, 5) is 0. The zero-order chi connectivity index (χ0) is 9.97. The van der Waals surface area contributed by atoms with Crippen LogP contribution in [0.15, 0.2) is 18.2 Å². The molecule has 4 heteroatoms. The van der Waals surface area contributed by atoms with Crippen molar-refractivity contribution in [2.24, 2.45) is 0 Å². The Balaban J connectivity index is 2.34. The number of ether oxygens (including phenoxy) is 2. The summed E-state index contributed by atoms with van der Waals surface area (Å²) in [5.74, 6) is 1.44. The molecule has 1 aliphatic heterocycles. The van der Waals surface area contributed by atoms with Gasteiger partial charge < -0.3 is 14.7 Å². The van der Waals surface area contributed by atoms with Crippen molar-refractivity contribution >= 4 is 6.21 Å². The Hall–Kier alpha value is -1.71. The summed E-state index contributed by atoms with van der Waals surface area (Å²) in [5, 5.41) is 10.8. The quantitative estimate of drug-likeness (QED) is 0.289. The fourth-order valence-electron chi connectivity index (χ4n) is 1.35. The third kappa shape index (κ3) is 1.79. The summed E-state index contributed by atoms with van der Waals surface area (Å²) in [7, 11) is 1.44. The van der Waals surface area contributed by atoms with E-state index in [9.17, 15) is 5.21 Å². The van der Waals surface area contributed by atoms with Gasteiger partial charge in [0.15, 0.2) is 17.7 Å². The van der Waals surface area contributed by atoms with E-state index >= 15 is 0 Å². The van der Waals surface area contributed by atoms with Gasteiger partial charge in [-0.2, -0.15) is 0 Å². The number of fused-ring (bicyclic) bond motifs is 1. The minimum atomic E-state index is 0.559. The fraction of sp³-hybridized carbons (Fsp3) is 0.300. The van der Waals surface area contributed by atoms with E-state index in [0.29, 0.717) is 19.0 Å². The predicted molar refractivity (Wildman–Crippen MR) is 52.1 cm³/mol. The molecule has 0 bridgehead atoms. The normalized spacial score (nSPS) is 15.4. The van der Waals surface area contributed by atoms with Crippen LogP contribution in [0.5, 0.6) is 11.5 Å². The molecule has 1 aromatic carbocycles. The van der Waals surface area contributed by atoms with Gasteiger partial charge in [-0.05, 0) is 18.2 Å². The zero-order valence-electron chi connectivity index (χ0n) is 7.90. The second-order valence-corrected chi connectivity index (χ2v) is 3.08. The van der Waals surface area contributed by atoms with Gasteiger partial charge in [0.1, 0.15) is 20.3 Å². The van der Waals surface area contributed by atoms with Crippen LogP contribution < -0.4 is 9.47 Å². The van der Waals surface area contributed by atoms with E-state index in [1.54, 1.807) is 6.07 Å². The largest absolute Gasteiger partial charge is 0.624 e. The van der Waals surface area contributed by atoms with Crippen LogP contribution in [0, 0.1) is 5.21 Å². The van der Waals surface area contributed by atoms with Crippen LogP contribution in [-0.2, 0) is 0 Å². The van der Waals surface area contributed by atoms with Crippen LogP contribution in [0.25, 0.3) is 0 Å². The van der Waals surface area contributed by atoms with Crippen molar-refractivity contribution in [1.29, 1.82) is 0 Å². The number of nitrogens with zero attached hydrogens (tertiary/aromatic N) is 1. The molecule has 0 saturated heterocycles. The van der Waals surface area contributed by atoms with Gasteiger partial charge in [-0.25, -0.2) is 4.74 Å². The Bertz CT molecular complexity index is 370. The van der Waals surface area contributed by atoms with Gasteiger partial charge in [0.25, 0.3) is 0 Å². The van der Waals surface area contributed by atoms with Crippen molar-refractivity contribution < 1.29 is 14.2 Å². The molecule has 0 saturated carbocycles. The van der Waals surface area contributed by atoms with E-state index < -0.39 is 0 Å². The third-order valence-electron chi connectivity index (χ3n) is 1.90. The number of benzene rings is 1. The van der Waals surface area contributed by atoms with Gasteiger partial charge in [-0.1, -0.05) is 0 Å². The number of hydroxylamine groups is 1. The molecule has 0 fully saturated rings. The molecule has 0 N–H and O–H groups in total. The predicted octanol–water partition coefficient (Wildman–Crippen LogP) is 1.02. The molecule has 1 heterocycles. The summed E-state index contributed by atoms with van der Waals surface area (Å²) in [6, 6.07) is 5.43. The Labute approximate surface area is 82.0 Å². The number of rotatable bonds is 1. The highest BCUT2D eigenvalue weighted by Crippen LogP contribution is 2.30. The minimum Gasteiger partial charge on any atom is -0.624 e. The first-order chi connectivity index (χ1) is 6.75. The molecule has 1 aliphatic rings. The summed E-state index contributed by atoms with van der Waals surface area (Å²) in [6.45, 7) is 1.14. The van der Waals surface area contributed by atoms with E-state index in [4.69, 9.17) is 9.47 Å². The van der Waals surface area contributed by atoms with Crippen LogP contribution in [-0.4, -0.2) is 31.2 Å². The van der Waals surface area contributed by atoms with Crippen LogP contribution in [0.3, 0.4) is 0 Å². The van der Waals surface area contributed by atoms with Gasteiger partial charge in [0, 0.05) is 5.56 Å². The Morgan fingerprint density at radius 3 is 2.71 bits per heavy atom. The summed E-state index contributed by atoms with van der Waals surface area (Å²) in [5.41, 5.74) is 0.812. The van der Waals surface area contributed by atoms with Crippen LogP contribution in [0.2, 0.25) is 0 Å². The maximum absolute atomic E-state index is 10.8. The monoisotopic (exact) mass is 193 g/mol. The molecule has 0 unspecified atom stereocenters. The lowest BCUT2D eigenvalue weighted by Gasteiger charge is -2.17. The highest BCUT2D eigenvalue weighted by Gasteiger charge is 2.11. The highest BCUT2D eigenvalue weighted by molar-refractivity contribution is 5.77. The zero-order valence-corrected chi connectivity index (χ0v) is 7.90. The lowest BCUT2D eigenvalue weighted by molar-refractivity contribution is -0.416. The van der Waals surface area contributed by atoms with E-state index in [1.165, 1.54) is 13.3 Å². The molecule has 0 aromatic heterocycles. The summed E-state index contributed by atoms with van der Waals surface area (Å²) >= 11 is 0. The lowest BCUT2D eigenvalue weighted by atomic mass is 10.2. The van der Waals surface area contributed by atoms with E-state index in [0.717, 1.165) is 16.1 Å². The first-order valence-corrected chi connectivity index (χ1v) is 4.40. The van der Waals surface area contributed by atoms with Crippen molar-refractivity contribution in [3.63, 3.8) is 0 Å². The van der Waals surface area contributed by atoms with Crippen molar-refractivity contribution in [2.75, 3.05) is 20.3 Å². The van der Waals surface area contributed by atoms with E-state index in [2.05, 4.69) is 0 Å². The Kier molecular flexibility index (Phi) is 2.26. The molecule has 0 amide bonds. The SMILES string of the molecule is C[N+]([O-])=Cc1ccc2c(c1)OCCO2. The molecule has 0 aliphatic carbocycles. The average molecular weight is 193 g/mol. The van der Waals surface area contributed by atoms with Crippen LogP contribution >= 0.6 is 0 Å². The van der Waals surface area contributed by atoms with Gasteiger partial charge in [-0.3, -0.25) is 0 Å². The van der Waals surface area contributed by atoms with Gasteiger partial charge in [0.05, 0.1) is 0 Å². The lowest BCUT2D eigenvalue weighted by Crippen LogP contribution is -2.15. The maximum atomic E-state index is 10.8. The second-order valence-electron chi connectivity index (χ2n) is 3.08. The minimum absolute atomic E-state index is 0.559. The molecule has 4 nitrogen and oxygen atoms in total. The van der Waals surface area contributed by atoms with Gasteiger partial charge >= 0.3 is 0 Å². The Morgan fingerprint density at radius 2 is 2.00 bits per heavy atom. The summed E-state index contributed by atoms with van der Waals surface area (Å²) < 4.78 is 11.5. The Morgan fingerprint density at radius 1 is 1.29 bits per heavy atom. The molecular weight excluding hydrogens is 182 g/mol. The average Bonchev–Trinajstić information content (AvgIpc) is 2.17. The van der Waals surface area contributed by atoms with Crippen molar-refractivity contribution in [2.45, 2.75) is 0 Å². The van der Waals surface area contributed by atoms with Gasteiger partial charge in [-0.15, -0.1) is 0 Å². The first kappa shape index (κ1) is 8.87. The molecule has 2 rings (SSSR count). The van der Waals surface area contributed by atoms with Crippen LogP contribution in [0.4, 0.5) is 0 Å². The molecule has 14 heavy (non-hydrogen) atoms. The molecule has 0 spiro atoms. The molecule has 0 radical (unpaired) electrons. The maximum Gasteiger partial charge on any atom is 0.181 e. The first-order valence-electron chi connectivity index (χ1n) is 4.40. The number of hydrogen-bond acceptors (Lipinski definition) is 3. The fourth-order valence-corrected chi connectivity index (χ4v) is 1.35. The van der Waals surface area contributed by atoms with E-state index in [-0.39, 0.29) is 0 Å². The second kappa shape index (κ2) is 3.57. The topological polar surface area (TPSA) is 44.5 Å². The van der Waals surface area contributed by atoms with Crippen molar-refractivity contribution in [3.8, 4) is 11.5 Å². The smallest absolute Gasteiger partial charge is 0.181 e. The summed E-state index contributed by atoms with van der Waals surface area (Å²) in [6.07, 6.45) is 1.48. The third-order valence-corrected chi connectivity index (χ3v) is 1.90. The number of hydrogen-bond donors (Lipinski definition) is 0. The van der Waals surface area contributed by atoms with Crippen molar-refractivity contribution in [3.05, 3.63) is 29.0 Å². The molecule has 74 valence electrons.